The zero-order valence-electron chi connectivity index (χ0n) is 17.6. The first-order chi connectivity index (χ1) is 14.2. The van der Waals surface area contributed by atoms with Crippen LogP contribution in [0.25, 0.3) is 0 Å². The van der Waals surface area contributed by atoms with Gasteiger partial charge in [0.25, 0.3) is 0 Å². The number of aromatic nitrogens is 3. The number of benzene rings is 1. The lowest BCUT2D eigenvalue weighted by atomic mass is 9.99. The highest BCUT2D eigenvalue weighted by Gasteiger charge is 2.22. The SMILES string of the molecule is CN=C(NCc1nnc2n1CCCCC2)N1CCc2cc(OC)c(OC)cc2C1. The van der Waals surface area contributed by atoms with E-state index < -0.39 is 0 Å². The monoisotopic (exact) mass is 398 g/mol. The number of hydrogen-bond donors (Lipinski definition) is 1. The topological polar surface area (TPSA) is 76.8 Å². The van der Waals surface area contributed by atoms with Gasteiger partial charge < -0.3 is 24.3 Å². The van der Waals surface area contributed by atoms with Gasteiger partial charge in [-0.05, 0) is 42.5 Å². The Morgan fingerprint density at radius 3 is 2.59 bits per heavy atom. The highest BCUT2D eigenvalue weighted by Crippen LogP contribution is 2.33. The van der Waals surface area contributed by atoms with Crippen molar-refractivity contribution in [2.45, 2.75) is 51.7 Å². The number of ether oxygens (including phenoxy) is 2. The standard InChI is InChI=1S/C21H30N6O2/c1-22-21(23-13-20-25-24-19-7-5-4-6-9-27(19)20)26-10-8-15-11-17(28-2)18(29-3)12-16(15)14-26/h11-12H,4-10,13-14H2,1-3H3,(H,22,23). The molecule has 156 valence electrons. The van der Waals surface area contributed by atoms with Crippen molar-refractivity contribution in [3.63, 3.8) is 0 Å². The Bertz CT molecular complexity index is 892. The summed E-state index contributed by atoms with van der Waals surface area (Å²) in [7, 11) is 5.18. The predicted molar refractivity (Wildman–Crippen MR) is 111 cm³/mol. The van der Waals surface area contributed by atoms with E-state index in [1.54, 1.807) is 14.2 Å². The molecule has 1 N–H and O–H groups in total. The van der Waals surface area contributed by atoms with Crippen molar-refractivity contribution < 1.29 is 9.47 Å². The molecule has 2 aromatic rings. The molecule has 2 aliphatic heterocycles. The zero-order chi connectivity index (χ0) is 20.2. The van der Waals surface area contributed by atoms with Gasteiger partial charge in [0.15, 0.2) is 23.3 Å². The molecule has 4 rings (SSSR count). The summed E-state index contributed by atoms with van der Waals surface area (Å²) < 4.78 is 13.2. The largest absolute Gasteiger partial charge is 0.493 e. The Morgan fingerprint density at radius 1 is 1.03 bits per heavy atom. The van der Waals surface area contributed by atoms with Crippen molar-refractivity contribution in [1.29, 1.82) is 0 Å². The van der Waals surface area contributed by atoms with E-state index in [1.165, 1.54) is 30.4 Å². The second kappa shape index (κ2) is 8.71. The Hall–Kier alpha value is -2.77. The van der Waals surface area contributed by atoms with E-state index in [2.05, 4.69) is 42.1 Å². The van der Waals surface area contributed by atoms with E-state index in [0.29, 0.717) is 6.54 Å². The third-order valence-electron chi connectivity index (χ3n) is 5.82. The average Bonchev–Trinajstić information content (AvgIpc) is 2.98. The quantitative estimate of drug-likeness (QED) is 0.628. The maximum Gasteiger partial charge on any atom is 0.194 e. The summed E-state index contributed by atoms with van der Waals surface area (Å²) in [6.45, 7) is 3.33. The average molecular weight is 399 g/mol. The number of guanidine groups is 1. The number of methoxy groups -OCH3 is 2. The summed E-state index contributed by atoms with van der Waals surface area (Å²) in [5.41, 5.74) is 2.55. The van der Waals surface area contributed by atoms with Crippen LogP contribution in [0.5, 0.6) is 11.5 Å². The first-order valence-corrected chi connectivity index (χ1v) is 10.3. The first kappa shape index (κ1) is 19.5. The molecule has 3 heterocycles. The van der Waals surface area contributed by atoms with Gasteiger partial charge in [-0.25, -0.2) is 0 Å². The van der Waals surface area contributed by atoms with Gasteiger partial charge in [0.2, 0.25) is 0 Å². The Kier molecular flexibility index (Phi) is 5.87. The van der Waals surface area contributed by atoms with Crippen molar-refractivity contribution in [1.82, 2.24) is 25.0 Å². The second-order valence-corrected chi connectivity index (χ2v) is 7.54. The molecule has 0 atom stereocenters. The van der Waals surface area contributed by atoms with Gasteiger partial charge in [0, 0.05) is 33.1 Å². The van der Waals surface area contributed by atoms with Crippen molar-refractivity contribution >= 4 is 5.96 Å². The van der Waals surface area contributed by atoms with Crippen LogP contribution in [0.1, 0.15) is 42.0 Å². The Balaban J connectivity index is 1.45. The van der Waals surface area contributed by atoms with Crippen molar-refractivity contribution in [3.05, 3.63) is 34.9 Å². The van der Waals surface area contributed by atoms with E-state index in [4.69, 9.17) is 9.47 Å². The molecule has 0 amide bonds. The van der Waals surface area contributed by atoms with Gasteiger partial charge in [0.1, 0.15) is 5.82 Å². The molecule has 0 spiro atoms. The number of aryl methyl sites for hydroxylation is 1. The first-order valence-electron chi connectivity index (χ1n) is 10.3. The molecule has 8 heteroatoms. The van der Waals surface area contributed by atoms with E-state index in [0.717, 1.165) is 61.6 Å². The Labute approximate surface area is 171 Å². The lowest BCUT2D eigenvalue weighted by Gasteiger charge is -2.32. The molecule has 0 fully saturated rings. The lowest BCUT2D eigenvalue weighted by molar-refractivity contribution is 0.345. The minimum Gasteiger partial charge on any atom is -0.493 e. The third kappa shape index (κ3) is 4.02. The van der Waals surface area contributed by atoms with Crippen LogP contribution in [-0.2, 0) is 32.5 Å². The summed E-state index contributed by atoms with van der Waals surface area (Å²) in [5.74, 6) is 4.54. The number of aliphatic imine (C=N–C) groups is 1. The van der Waals surface area contributed by atoms with E-state index in [9.17, 15) is 0 Å². The molecule has 2 aliphatic rings. The van der Waals surface area contributed by atoms with Gasteiger partial charge in [-0.3, -0.25) is 4.99 Å². The van der Waals surface area contributed by atoms with Crippen molar-refractivity contribution in [2.75, 3.05) is 27.8 Å². The highest BCUT2D eigenvalue weighted by molar-refractivity contribution is 5.80. The Morgan fingerprint density at radius 2 is 1.83 bits per heavy atom. The summed E-state index contributed by atoms with van der Waals surface area (Å²) in [5, 5.41) is 12.3. The molecule has 0 aliphatic carbocycles. The van der Waals surface area contributed by atoms with Crippen LogP contribution in [0.15, 0.2) is 17.1 Å². The molecule has 8 nitrogen and oxygen atoms in total. The molecule has 0 saturated heterocycles. The van der Waals surface area contributed by atoms with Crippen LogP contribution < -0.4 is 14.8 Å². The number of nitrogens with zero attached hydrogens (tertiary/aromatic N) is 5. The second-order valence-electron chi connectivity index (χ2n) is 7.54. The lowest BCUT2D eigenvalue weighted by Crippen LogP contribution is -2.44. The summed E-state index contributed by atoms with van der Waals surface area (Å²) >= 11 is 0. The summed E-state index contributed by atoms with van der Waals surface area (Å²) in [6, 6.07) is 4.17. The zero-order valence-corrected chi connectivity index (χ0v) is 17.6. The fourth-order valence-electron chi connectivity index (χ4n) is 4.23. The van der Waals surface area contributed by atoms with Gasteiger partial charge in [0.05, 0.1) is 20.8 Å². The minimum absolute atomic E-state index is 0.634. The van der Waals surface area contributed by atoms with E-state index in [1.807, 2.05) is 7.05 Å². The van der Waals surface area contributed by atoms with E-state index >= 15 is 0 Å². The summed E-state index contributed by atoms with van der Waals surface area (Å²) in [4.78, 5) is 6.78. The number of rotatable bonds is 4. The smallest absolute Gasteiger partial charge is 0.194 e. The van der Waals surface area contributed by atoms with Crippen LogP contribution in [-0.4, -0.2) is 53.4 Å². The molecule has 0 saturated carbocycles. The molecule has 1 aromatic carbocycles. The molecule has 0 unspecified atom stereocenters. The number of hydrogen-bond acceptors (Lipinski definition) is 5. The maximum absolute atomic E-state index is 5.48. The number of nitrogens with one attached hydrogen (secondary N) is 1. The van der Waals surface area contributed by atoms with E-state index in [-0.39, 0.29) is 0 Å². The molecule has 0 radical (unpaired) electrons. The highest BCUT2D eigenvalue weighted by atomic mass is 16.5. The fourth-order valence-corrected chi connectivity index (χ4v) is 4.23. The van der Waals surface area contributed by atoms with Crippen LogP contribution in [0, 0.1) is 0 Å². The molecule has 29 heavy (non-hydrogen) atoms. The summed E-state index contributed by atoms with van der Waals surface area (Å²) in [6.07, 6.45) is 5.63. The van der Waals surface area contributed by atoms with Gasteiger partial charge in [-0.2, -0.15) is 0 Å². The van der Waals surface area contributed by atoms with Crippen molar-refractivity contribution in [2.24, 2.45) is 4.99 Å². The number of fused-ring (bicyclic) bond motifs is 2. The van der Waals surface area contributed by atoms with Crippen LogP contribution in [0.2, 0.25) is 0 Å². The molecule has 0 bridgehead atoms. The minimum atomic E-state index is 0.634. The predicted octanol–water partition coefficient (Wildman–Crippen LogP) is 2.16. The van der Waals surface area contributed by atoms with Gasteiger partial charge in [-0.1, -0.05) is 6.42 Å². The van der Waals surface area contributed by atoms with Gasteiger partial charge >= 0.3 is 0 Å². The van der Waals surface area contributed by atoms with Crippen LogP contribution in [0.3, 0.4) is 0 Å². The van der Waals surface area contributed by atoms with Gasteiger partial charge in [-0.15, -0.1) is 10.2 Å². The third-order valence-corrected chi connectivity index (χ3v) is 5.82. The normalized spacial score (nSPS) is 16.7. The molecular formula is C21H30N6O2. The maximum atomic E-state index is 5.48. The molecule has 1 aromatic heterocycles. The fraction of sp³-hybridized carbons (Fsp3) is 0.571. The van der Waals surface area contributed by atoms with Crippen molar-refractivity contribution in [3.8, 4) is 11.5 Å². The van der Waals surface area contributed by atoms with Crippen LogP contribution in [0.4, 0.5) is 0 Å². The molecular weight excluding hydrogens is 368 g/mol. The van der Waals surface area contributed by atoms with Crippen LogP contribution >= 0.6 is 0 Å².